The summed E-state index contributed by atoms with van der Waals surface area (Å²) >= 11 is 0. The molecule has 144 valence electrons. The summed E-state index contributed by atoms with van der Waals surface area (Å²) in [5.41, 5.74) is 0.696. The molecule has 2 aromatic carbocycles. The van der Waals surface area contributed by atoms with E-state index in [2.05, 4.69) is 4.72 Å². The summed E-state index contributed by atoms with van der Waals surface area (Å²) in [6.07, 6.45) is 0. The summed E-state index contributed by atoms with van der Waals surface area (Å²) < 4.78 is 46.0. The first-order valence-corrected chi connectivity index (χ1v) is 10.0. The molecule has 6 nitrogen and oxygen atoms in total. The van der Waals surface area contributed by atoms with Gasteiger partial charge in [-0.15, -0.1) is 0 Å². The van der Waals surface area contributed by atoms with Crippen LogP contribution in [0.4, 0.5) is 15.8 Å². The number of nitrogens with one attached hydrogen (secondary N) is 1. The second kappa shape index (κ2) is 6.84. The van der Waals surface area contributed by atoms with E-state index in [0.717, 1.165) is 0 Å². The summed E-state index contributed by atoms with van der Waals surface area (Å²) in [6, 6.07) is 10.1. The second-order valence-corrected chi connectivity index (χ2v) is 8.93. The highest BCUT2D eigenvalue weighted by atomic mass is 32.2. The van der Waals surface area contributed by atoms with E-state index in [1.807, 2.05) is 0 Å². The number of benzene rings is 2. The lowest BCUT2D eigenvalue weighted by molar-refractivity contribution is -0.127. The summed E-state index contributed by atoms with van der Waals surface area (Å²) in [4.78, 5) is 14.0. The van der Waals surface area contributed by atoms with E-state index in [-0.39, 0.29) is 18.3 Å². The van der Waals surface area contributed by atoms with E-state index in [1.165, 1.54) is 29.2 Å². The van der Waals surface area contributed by atoms with Gasteiger partial charge in [0.1, 0.15) is 18.2 Å². The number of carbonyl (C=O) groups is 1. The second-order valence-electron chi connectivity index (χ2n) is 7.21. The molecule has 0 unspecified atom stereocenters. The third-order valence-corrected chi connectivity index (χ3v) is 5.60. The molecule has 1 N–H and O–H groups in total. The Morgan fingerprint density at radius 1 is 1.19 bits per heavy atom. The van der Waals surface area contributed by atoms with Gasteiger partial charge in [0.05, 0.1) is 22.5 Å². The maximum absolute atomic E-state index is 13.0. The van der Waals surface area contributed by atoms with Crippen molar-refractivity contribution < 1.29 is 22.3 Å². The van der Waals surface area contributed by atoms with Crippen LogP contribution in [0, 0.1) is 11.2 Å². The van der Waals surface area contributed by atoms with Crippen LogP contribution < -0.4 is 14.4 Å². The van der Waals surface area contributed by atoms with Crippen molar-refractivity contribution in [3.8, 4) is 5.75 Å². The van der Waals surface area contributed by atoms with Gasteiger partial charge in [0.15, 0.2) is 0 Å². The van der Waals surface area contributed by atoms with Gasteiger partial charge in [-0.1, -0.05) is 12.1 Å². The van der Waals surface area contributed by atoms with E-state index in [0.29, 0.717) is 22.7 Å². The van der Waals surface area contributed by atoms with Crippen LogP contribution in [0.5, 0.6) is 5.75 Å². The highest BCUT2D eigenvalue weighted by Crippen LogP contribution is 2.37. The molecule has 0 aliphatic carbocycles. The van der Waals surface area contributed by atoms with Gasteiger partial charge in [0.2, 0.25) is 15.9 Å². The molecule has 1 amide bonds. The Kier molecular flexibility index (Phi) is 4.86. The van der Waals surface area contributed by atoms with Gasteiger partial charge in [0.25, 0.3) is 0 Å². The Balaban J connectivity index is 1.82. The molecule has 0 saturated heterocycles. The monoisotopic (exact) mass is 392 g/mol. The lowest BCUT2D eigenvalue weighted by Gasteiger charge is -2.24. The average molecular weight is 392 g/mol. The molecule has 8 heteroatoms. The highest BCUT2D eigenvalue weighted by molar-refractivity contribution is 7.91. The first-order chi connectivity index (χ1) is 12.6. The lowest BCUT2D eigenvalue weighted by atomic mass is 9.93. The van der Waals surface area contributed by atoms with Gasteiger partial charge in [-0.3, -0.25) is 9.52 Å². The first-order valence-electron chi connectivity index (χ1n) is 8.37. The van der Waals surface area contributed by atoms with E-state index in [1.54, 1.807) is 39.1 Å². The highest BCUT2D eigenvalue weighted by Gasteiger charge is 2.36. The van der Waals surface area contributed by atoms with Gasteiger partial charge in [-0.25, -0.2) is 12.8 Å². The lowest BCUT2D eigenvalue weighted by Crippen LogP contribution is -2.39. The molecule has 0 saturated carbocycles. The van der Waals surface area contributed by atoms with Gasteiger partial charge < -0.3 is 9.64 Å². The van der Waals surface area contributed by atoms with Crippen molar-refractivity contribution >= 4 is 27.3 Å². The predicted molar refractivity (Wildman–Crippen MR) is 102 cm³/mol. The Morgan fingerprint density at radius 3 is 2.52 bits per heavy atom. The molecule has 0 aromatic heterocycles. The molecule has 3 rings (SSSR count). The molecule has 1 aliphatic heterocycles. The predicted octanol–water partition coefficient (Wildman–Crippen LogP) is 3.15. The number of ether oxygens (including phenoxy) is 1. The van der Waals surface area contributed by atoms with Crippen LogP contribution in [0.25, 0.3) is 0 Å². The van der Waals surface area contributed by atoms with Crippen molar-refractivity contribution in [1.82, 2.24) is 0 Å². The van der Waals surface area contributed by atoms with E-state index in [9.17, 15) is 17.6 Å². The Hall–Kier alpha value is -2.61. The van der Waals surface area contributed by atoms with Crippen molar-refractivity contribution in [2.75, 3.05) is 23.3 Å². The van der Waals surface area contributed by atoms with Crippen LogP contribution >= 0.6 is 0 Å². The molecule has 2 aromatic rings. The number of carbonyl (C=O) groups excluding carboxylic acids is 1. The standard InChI is InChI=1S/C19H21FN2O4S/c1-19(2)12-26-17-10-15(8-9-16(17)22(3)18(19)23)21-27(24,25)11-13-4-6-14(20)7-5-13/h4-10,21H,11-12H2,1-3H3. The molecular weight excluding hydrogens is 371 g/mol. The fourth-order valence-electron chi connectivity index (χ4n) is 2.87. The summed E-state index contributed by atoms with van der Waals surface area (Å²) in [5.74, 6) is -0.353. The number of hydrogen-bond donors (Lipinski definition) is 1. The minimum Gasteiger partial charge on any atom is -0.490 e. The molecule has 0 fully saturated rings. The van der Waals surface area contributed by atoms with Gasteiger partial charge >= 0.3 is 0 Å². The Morgan fingerprint density at radius 2 is 1.85 bits per heavy atom. The number of nitrogens with zero attached hydrogens (tertiary/aromatic N) is 1. The zero-order valence-corrected chi connectivity index (χ0v) is 16.1. The molecule has 0 atom stereocenters. The van der Waals surface area contributed by atoms with Crippen LogP contribution in [-0.4, -0.2) is 28.0 Å². The smallest absolute Gasteiger partial charge is 0.236 e. The number of amides is 1. The quantitative estimate of drug-likeness (QED) is 0.867. The van der Waals surface area contributed by atoms with Crippen LogP contribution in [0.1, 0.15) is 19.4 Å². The summed E-state index contributed by atoms with van der Waals surface area (Å²) in [6.45, 7) is 3.78. The Bertz CT molecular complexity index is 972. The molecular formula is C19H21FN2O4S. The van der Waals surface area contributed by atoms with Crippen LogP contribution in [0.15, 0.2) is 42.5 Å². The van der Waals surface area contributed by atoms with E-state index in [4.69, 9.17) is 4.74 Å². The number of fused-ring (bicyclic) bond motifs is 1. The topological polar surface area (TPSA) is 75.7 Å². The number of rotatable bonds is 4. The van der Waals surface area contributed by atoms with Crippen molar-refractivity contribution in [2.45, 2.75) is 19.6 Å². The minimum absolute atomic E-state index is 0.0779. The normalized spacial score (nSPS) is 16.3. The van der Waals surface area contributed by atoms with Gasteiger partial charge in [-0.2, -0.15) is 0 Å². The summed E-state index contributed by atoms with van der Waals surface area (Å²) in [7, 11) is -2.03. The van der Waals surface area contributed by atoms with Crippen molar-refractivity contribution in [3.05, 3.63) is 53.8 Å². The molecule has 0 spiro atoms. The third kappa shape index (κ3) is 4.21. The Labute approximate surface area is 158 Å². The first kappa shape index (κ1) is 19.2. The summed E-state index contributed by atoms with van der Waals surface area (Å²) in [5, 5.41) is 0. The van der Waals surface area contributed by atoms with E-state index >= 15 is 0 Å². The largest absolute Gasteiger partial charge is 0.490 e. The number of anilines is 2. The van der Waals surface area contributed by atoms with Crippen molar-refractivity contribution in [1.29, 1.82) is 0 Å². The molecule has 1 aliphatic rings. The fourth-order valence-corrected chi connectivity index (χ4v) is 4.06. The fraction of sp³-hybridized carbons (Fsp3) is 0.316. The van der Waals surface area contributed by atoms with E-state index < -0.39 is 21.3 Å². The maximum atomic E-state index is 13.0. The number of sulfonamides is 1. The molecule has 0 bridgehead atoms. The molecule has 1 heterocycles. The molecule has 0 radical (unpaired) electrons. The van der Waals surface area contributed by atoms with Crippen LogP contribution in [-0.2, 0) is 20.6 Å². The number of hydrogen-bond acceptors (Lipinski definition) is 4. The van der Waals surface area contributed by atoms with Crippen LogP contribution in [0.2, 0.25) is 0 Å². The number of halogens is 1. The minimum atomic E-state index is -3.69. The third-order valence-electron chi connectivity index (χ3n) is 4.34. The average Bonchev–Trinajstić information content (AvgIpc) is 2.67. The SMILES string of the molecule is CN1C(=O)C(C)(C)COc2cc(NS(=O)(=O)Cc3ccc(F)cc3)ccc21. The van der Waals surface area contributed by atoms with Crippen molar-refractivity contribution in [3.63, 3.8) is 0 Å². The van der Waals surface area contributed by atoms with Gasteiger partial charge in [0, 0.05) is 13.1 Å². The zero-order valence-electron chi connectivity index (χ0n) is 15.3. The zero-order chi connectivity index (χ0) is 19.8. The molecule has 27 heavy (non-hydrogen) atoms. The van der Waals surface area contributed by atoms with Gasteiger partial charge in [-0.05, 0) is 43.7 Å². The van der Waals surface area contributed by atoms with Crippen LogP contribution in [0.3, 0.4) is 0 Å². The van der Waals surface area contributed by atoms with Crippen molar-refractivity contribution in [2.24, 2.45) is 5.41 Å². The maximum Gasteiger partial charge on any atom is 0.236 e.